The minimum absolute atomic E-state index is 0.0800. The third-order valence-electron chi connectivity index (χ3n) is 2.44. The largest absolute Gasteiger partial charge is 0.390 e. The molecule has 0 spiro atoms. The predicted octanol–water partition coefficient (Wildman–Crippen LogP) is 0.129. The van der Waals surface area contributed by atoms with E-state index in [0.29, 0.717) is 12.7 Å². The fraction of sp³-hybridized carbons (Fsp3) is 0.889. The average molecular weight is 188 g/mol. The van der Waals surface area contributed by atoms with E-state index in [9.17, 15) is 9.90 Å². The van der Waals surface area contributed by atoms with Gasteiger partial charge in [0.25, 0.3) is 0 Å². The molecule has 4 nitrogen and oxygen atoms in total. The number of hydrogen-bond donors (Lipinski definition) is 1. The van der Waals surface area contributed by atoms with Crippen molar-refractivity contribution in [2.45, 2.75) is 44.2 Å². The van der Waals surface area contributed by atoms with E-state index in [4.69, 9.17) is 9.47 Å². The molecule has 0 unspecified atom stereocenters. The average Bonchev–Trinajstić information content (AvgIpc) is 2.17. The number of hydrogen-bond acceptors (Lipinski definition) is 4. The van der Waals surface area contributed by atoms with Crippen LogP contribution in [0, 0.1) is 0 Å². The van der Waals surface area contributed by atoms with Gasteiger partial charge in [0.2, 0.25) is 0 Å². The van der Waals surface area contributed by atoms with Crippen LogP contribution in [-0.2, 0) is 14.3 Å². The number of aliphatic hydroxyl groups excluding tert-OH is 1. The molecule has 0 saturated carbocycles. The Kier molecular flexibility index (Phi) is 3.84. The lowest BCUT2D eigenvalue weighted by Crippen LogP contribution is -2.48. The lowest BCUT2D eigenvalue weighted by atomic mass is 9.97. The molecule has 0 aromatic carbocycles. The Morgan fingerprint density at radius 3 is 2.85 bits per heavy atom. The van der Waals surface area contributed by atoms with Crippen LogP contribution in [0.2, 0.25) is 0 Å². The predicted molar refractivity (Wildman–Crippen MR) is 46.4 cm³/mol. The lowest BCUT2D eigenvalue weighted by molar-refractivity contribution is -0.176. The Morgan fingerprint density at radius 1 is 1.69 bits per heavy atom. The summed E-state index contributed by atoms with van der Waals surface area (Å²) >= 11 is 0. The quantitative estimate of drug-likeness (QED) is 0.639. The Hall–Kier alpha value is -0.450. The van der Waals surface area contributed by atoms with Gasteiger partial charge in [-0.05, 0) is 6.42 Å². The van der Waals surface area contributed by atoms with Crippen molar-refractivity contribution in [2.24, 2.45) is 0 Å². The first-order chi connectivity index (χ1) is 6.22. The van der Waals surface area contributed by atoms with Gasteiger partial charge in [-0.15, -0.1) is 0 Å². The van der Waals surface area contributed by atoms with Crippen molar-refractivity contribution >= 4 is 6.29 Å². The molecule has 0 radical (unpaired) electrons. The third-order valence-corrected chi connectivity index (χ3v) is 2.44. The Bertz CT molecular complexity index is 171. The molecule has 0 aromatic rings. The lowest BCUT2D eigenvalue weighted by Gasteiger charge is -2.36. The van der Waals surface area contributed by atoms with Gasteiger partial charge in [-0.3, -0.25) is 0 Å². The van der Waals surface area contributed by atoms with Crippen LogP contribution < -0.4 is 0 Å². The van der Waals surface area contributed by atoms with Crippen molar-refractivity contribution in [3.8, 4) is 0 Å². The molecule has 1 rings (SSSR count). The zero-order valence-electron chi connectivity index (χ0n) is 7.97. The number of carbonyl (C=O) groups excluding carboxylic acids is 1. The number of aldehydes is 1. The molecule has 4 heteroatoms. The summed E-state index contributed by atoms with van der Waals surface area (Å²) in [6.45, 7) is 1.97. The monoisotopic (exact) mass is 188 g/mol. The zero-order valence-corrected chi connectivity index (χ0v) is 7.97. The first-order valence-corrected chi connectivity index (χ1v) is 4.54. The van der Waals surface area contributed by atoms with Gasteiger partial charge < -0.3 is 19.4 Å². The van der Waals surface area contributed by atoms with E-state index in [1.165, 1.54) is 0 Å². The zero-order chi connectivity index (χ0) is 9.84. The highest BCUT2D eigenvalue weighted by Crippen LogP contribution is 2.23. The molecule has 13 heavy (non-hydrogen) atoms. The van der Waals surface area contributed by atoms with E-state index in [1.54, 1.807) is 7.11 Å². The topological polar surface area (TPSA) is 55.8 Å². The Morgan fingerprint density at radius 2 is 2.38 bits per heavy atom. The van der Waals surface area contributed by atoms with Crippen LogP contribution in [0.15, 0.2) is 0 Å². The maximum absolute atomic E-state index is 10.5. The molecule has 1 saturated heterocycles. The number of carbonyl (C=O) groups is 1. The van der Waals surface area contributed by atoms with Gasteiger partial charge in [-0.2, -0.15) is 0 Å². The van der Waals surface area contributed by atoms with Crippen molar-refractivity contribution in [3.05, 3.63) is 0 Å². The van der Waals surface area contributed by atoms with Gasteiger partial charge in [-0.1, -0.05) is 6.92 Å². The van der Waals surface area contributed by atoms with Crippen molar-refractivity contribution < 1.29 is 19.4 Å². The Balaban J connectivity index is 2.59. The van der Waals surface area contributed by atoms with Crippen LogP contribution in [0.25, 0.3) is 0 Å². The second-order valence-electron chi connectivity index (χ2n) is 3.26. The molecule has 1 N–H and O–H groups in total. The molecule has 0 aliphatic carbocycles. The second-order valence-corrected chi connectivity index (χ2v) is 3.26. The molecule has 4 atom stereocenters. The molecule has 1 fully saturated rings. The molecule has 1 aliphatic heterocycles. The molecule has 1 heterocycles. The number of aliphatic hydroxyl groups is 1. The summed E-state index contributed by atoms with van der Waals surface area (Å²) < 4.78 is 10.5. The van der Waals surface area contributed by atoms with E-state index in [1.807, 2.05) is 6.92 Å². The fourth-order valence-electron chi connectivity index (χ4n) is 1.63. The molecular weight excluding hydrogens is 172 g/mol. The van der Waals surface area contributed by atoms with Crippen molar-refractivity contribution in [1.29, 1.82) is 0 Å². The van der Waals surface area contributed by atoms with E-state index >= 15 is 0 Å². The minimum Gasteiger partial charge on any atom is -0.390 e. The maximum Gasteiger partial charge on any atom is 0.151 e. The highest BCUT2D eigenvalue weighted by molar-refractivity contribution is 5.57. The van der Waals surface area contributed by atoms with E-state index < -0.39 is 12.2 Å². The summed E-state index contributed by atoms with van der Waals surface area (Å²) in [5, 5.41) is 9.45. The summed E-state index contributed by atoms with van der Waals surface area (Å²) in [7, 11) is 1.59. The van der Waals surface area contributed by atoms with Crippen LogP contribution in [0.3, 0.4) is 0 Å². The maximum atomic E-state index is 10.5. The molecule has 1 aliphatic rings. The van der Waals surface area contributed by atoms with Crippen molar-refractivity contribution in [2.75, 3.05) is 7.11 Å². The molecule has 0 bridgehead atoms. The normalized spacial score (nSPS) is 40.2. The van der Waals surface area contributed by atoms with Crippen LogP contribution in [0.5, 0.6) is 0 Å². The van der Waals surface area contributed by atoms with Gasteiger partial charge >= 0.3 is 0 Å². The van der Waals surface area contributed by atoms with E-state index in [2.05, 4.69) is 0 Å². The van der Waals surface area contributed by atoms with E-state index in [0.717, 1.165) is 6.42 Å². The van der Waals surface area contributed by atoms with Crippen LogP contribution >= 0.6 is 0 Å². The summed E-state index contributed by atoms with van der Waals surface area (Å²) in [6, 6.07) is 0. The van der Waals surface area contributed by atoms with Crippen LogP contribution in [-0.4, -0.2) is 42.9 Å². The fourth-order valence-corrected chi connectivity index (χ4v) is 1.63. The third kappa shape index (κ3) is 2.27. The molecular formula is C9H16O4. The number of methoxy groups -OCH3 is 1. The number of rotatable bonds is 3. The molecule has 0 aromatic heterocycles. The van der Waals surface area contributed by atoms with E-state index in [-0.39, 0.29) is 12.2 Å². The van der Waals surface area contributed by atoms with Crippen LogP contribution in [0.1, 0.15) is 19.8 Å². The van der Waals surface area contributed by atoms with Crippen molar-refractivity contribution in [1.82, 2.24) is 0 Å². The summed E-state index contributed by atoms with van der Waals surface area (Å²) in [5.41, 5.74) is 0. The smallest absolute Gasteiger partial charge is 0.151 e. The summed E-state index contributed by atoms with van der Waals surface area (Å²) in [4.78, 5) is 10.5. The van der Waals surface area contributed by atoms with Gasteiger partial charge in [0, 0.05) is 13.5 Å². The Labute approximate surface area is 77.8 Å². The first kappa shape index (κ1) is 10.6. The van der Waals surface area contributed by atoms with Gasteiger partial charge in [0.05, 0.1) is 18.3 Å². The molecule has 76 valence electrons. The highest BCUT2D eigenvalue weighted by atomic mass is 16.6. The standard InChI is InChI=1S/C9H16O4/c1-3-7-8(12-2)4-6(11)9(5-10)13-7/h5-9,11H,3-4H2,1-2H3/t6-,7-,8+,9+/m0/s1. The molecule has 0 amide bonds. The summed E-state index contributed by atoms with van der Waals surface area (Å²) in [6.07, 6.45) is 0.314. The highest BCUT2D eigenvalue weighted by Gasteiger charge is 2.35. The first-order valence-electron chi connectivity index (χ1n) is 4.54. The van der Waals surface area contributed by atoms with Crippen molar-refractivity contribution in [3.63, 3.8) is 0 Å². The van der Waals surface area contributed by atoms with Crippen LogP contribution in [0.4, 0.5) is 0 Å². The van der Waals surface area contributed by atoms with Gasteiger partial charge in [0.1, 0.15) is 6.10 Å². The SMILES string of the molecule is CC[C@@H]1O[C@H](C=O)[C@@H](O)C[C@H]1OC. The second kappa shape index (κ2) is 4.69. The minimum atomic E-state index is -0.731. The number of ether oxygens (including phenoxy) is 2. The summed E-state index contributed by atoms with van der Waals surface area (Å²) in [5.74, 6) is 0. The van der Waals surface area contributed by atoms with Gasteiger partial charge in [0.15, 0.2) is 6.29 Å². The van der Waals surface area contributed by atoms with Gasteiger partial charge in [-0.25, -0.2) is 0 Å².